The van der Waals surface area contributed by atoms with E-state index in [1.54, 1.807) is 12.1 Å². The zero-order valence-electron chi connectivity index (χ0n) is 15.6. The zero-order chi connectivity index (χ0) is 18.3. The summed E-state index contributed by atoms with van der Waals surface area (Å²) in [5, 5.41) is 10.9. The van der Waals surface area contributed by atoms with E-state index in [0.29, 0.717) is 6.42 Å². The normalized spacial score (nSPS) is 13.8. The highest BCUT2D eigenvalue weighted by atomic mass is 19.1. The van der Waals surface area contributed by atoms with Crippen LogP contribution in [0.1, 0.15) is 45.6 Å². The lowest BCUT2D eigenvalue weighted by Crippen LogP contribution is -2.32. The van der Waals surface area contributed by atoms with Crippen molar-refractivity contribution in [2.75, 3.05) is 19.6 Å². The molecule has 0 aliphatic carbocycles. The van der Waals surface area contributed by atoms with Crippen LogP contribution in [0.3, 0.4) is 0 Å². The lowest BCUT2D eigenvalue weighted by molar-refractivity contribution is 0.0358. The van der Waals surface area contributed by atoms with Gasteiger partial charge in [-0.2, -0.15) is 0 Å². The molecule has 2 aromatic carbocycles. The summed E-state index contributed by atoms with van der Waals surface area (Å²) in [5.41, 5.74) is 2.08. The molecule has 1 atom stereocenters. The lowest BCUT2D eigenvalue weighted by Gasteiger charge is -2.28. The summed E-state index contributed by atoms with van der Waals surface area (Å²) >= 11 is 0. The van der Waals surface area contributed by atoms with Gasteiger partial charge in [-0.1, -0.05) is 50.2 Å². The van der Waals surface area contributed by atoms with Crippen molar-refractivity contribution in [2.45, 2.75) is 45.6 Å². The molecule has 1 N–H and O–H groups in total. The van der Waals surface area contributed by atoms with E-state index in [9.17, 15) is 9.50 Å². The van der Waals surface area contributed by atoms with Crippen molar-refractivity contribution in [1.82, 2.24) is 4.90 Å². The molecule has 0 aliphatic heterocycles. The highest BCUT2D eigenvalue weighted by Crippen LogP contribution is 2.28. The third kappa shape index (κ3) is 5.65. The van der Waals surface area contributed by atoms with Crippen molar-refractivity contribution in [3.8, 4) is 11.1 Å². The zero-order valence-corrected chi connectivity index (χ0v) is 15.6. The van der Waals surface area contributed by atoms with Crippen LogP contribution in [0.5, 0.6) is 0 Å². The molecule has 0 spiro atoms. The Morgan fingerprint density at radius 1 is 0.840 bits per heavy atom. The molecule has 3 heteroatoms. The largest absolute Gasteiger partial charge is 0.385 e. The minimum atomic E-state index is -0.846. The number of hydrogen-bond donors (Lipinski definition) is 1. The Hall–Kier alpha value is -1.71. The predicted molar refractivity (Wildman–Crippen MR) is 103 cm³/mol. The van der Waals surface area contributed by atoms with Gasteiger partial charge in [-0.15, -0.1) is 0 Å². The third-order valence-corrected chi connectivity index (χ3v) is 4.68. The van der Waals surface area contributed by atoms with E-state index in [-0.39, 0.29) is 5.82 Å². The van der Waals surface area contributed by atoms with Crippen molar-refractivity contribution in [1.29, 1.82) is 0 Å². The van der Waals surface area contributed by atoms with Crippen molar-refractivity contribution in [3.05, 3.63) is 59.9 Å². The molecule has 0 aliphatic rings. The molecule has 2 nitrogen and oxygen atoms in total. The molecular formula is C22H30FNO. The van der Waals surface area contributed by atoms with Gasteiger partial charge in [0, 0.05) is 6.54 Å². The maximum atomic E-state index is 13.0. The van der Waals surface area contributed by atoms with Crippen molar-refractivity contribution >= 4 is 0 Å². The van der Waals surface area contributed by atoms with Gasteiger partial charge < -0.3 is 10.0 Å². The van der Waals surface area contributed by atoms with Crippen LogP contribution in [0, 0.1) is 5.82 Å². The molecule has 0 amide bonds. The Morgan fingerprint density at radius 3 is 1.80 bits per heavy atom. The lowest BCUT2D eigenvalue weighted by atomic mass is 9.90. The molecule has 136 valence electrons. The van der Waals surface area contributed by atoms with Crippen molar-refractivity contribution in [2.24, 2.45) is 0 Å². The van der Waals surface area contributed by atoms with Crippen molar-refractivity contribution in [3.63, 3.8) is 0 Å². The quantitative estimate of drug-likeness (QED) is 0.675. The van der Waals surface area contributed by atoms with E-state index in [2.05, 4.69) is 18.7 Å². The fraction of sp³-hybridized carbons (Fsp3) is 0.455. The van der Waals surface area contributed by atoms with Gasteiger partial charge in [0.25, 0.3) is 0 Å². The highest BCUT2D eigenvalue weighted by Gasteiger charge is 2.23. The molecule has 1 unspecified atom stereocenters. The minimum absolute atomic E-state index is 0.230. The van der Waals surface area contributed by atoms with E-state index in [4.69, 9.17) is 0 Å². The van der Waals surface area contributed by atoms with E-state index in [0.717, 1.165) is 49.2 Å². The first-order valence-electron chi connectivity index (χ1n) is 9.27. The summed E-state index contributed by atoms with van der Waals surface area (Å²) in [4.78, 5) is 2.42. The molecular weight excluding hydrogens is 313 g/mol. The average molecular weight is 343 g/mol. The van der Waals surface area contributed by atoms with Crippen LogP contribution in [-0.4, -0.2) is 29.6 Å². The average Bonchev–Trinajstić information content (AvgIpc) is 2.61. The topological polar surface area (TPSA) is 23.5 Å². The fourth-order valence-electron chi connectivity index (χ4n) is 3.15. The second-order valence-corrected chi connectivity index (χ2v) is 6.95. The number of hydrogen-bond acceptors (Lipinski definition) is 2. The number of benzene rings is 2. The van der Waals surface area contributed by atoms with Gasteiger partial charge in [0.05, 0.1) is 5.60 Å². The molecule has 0 radical (unpaired) electrons. The number of aliphatic hydroxyl groups is 1. The predicted octanol–water partition coefficient (Wildman–Crippen LogP) is 5.21. The Balaban J connectivity index is 2.04. The smallest absolute Gasteiger partial charge is 0.123 e. The van der Waals surface area contributed by atoms with Crippen LogP contribution in [0.25, 0.3) is 11.1 Å². The molecule has 25 heavy (non-hydrogen) atoms. The fourth-order valence-corrected chi connectivity index (χ4v) is 3.15. The summed E-state index contributed by atoms with van der Waals surface area (Å²) in [5.74, 6) is -0.230. The van der Waals surface area contributed by atoms with Crippen LogP contribution in [0.15, 0.2) is 48.5 Å². The monoisotopic (exact) mass is 343 g/mol. The molecule has 0 saturated carbocycles. The third-order valence-electron chi connectivity index (χ3n) is 4.68. The summed E-state index contributed by atoms with van der Waals surface area (Å²) < 4.78 is 13.0. The Kier molecular flexibility index (Phi) is 7.15. The van der Waals surface area contributed by atoms with Gasteiger partial charge in [0.15, 0.2) is 0 Å². The standard InChI is InChI=1S/C22H30FNO/c1-4-15-24(16-5-2)17-14-22(3,25)20-10-6-18(7-11-20)19-8-12-21(23)13-9-19/h6-13,25H,4-5,14-17H2,1-3H3. The first-order valence-corrected chi connectivity index (χ1v) is 9.27. The first kappa shape index (κ1) is 19.6. The molecule has 0 aromatic heterocycles. The molecule has 0 bridgehead atoms. The molecule has 0 saturated heterocycles. The molecule has 0 heterocycles. The Morgan fingerprint density at radius 2 is 1.32 bits per heavy atom. The Labute approximate surface area is 151 Å². The summed E-state index contributed by atoms with van der Waals surface area (Å²) in [6.45, 7) is 9.31. The van der Waals surface area contributed by atoms with Crippen LogP contribution in [0.4, 0.5) is 4.39 Å². The SMILES string of the molecule is CCCN(CCC)CCC(C)(O)c1ccc(-c2ccc(F)cc2)cc1. The number of nitrogens with zero attached hydrogens (tertiary/aromatic N) is 1. The van der Waals surface area contributed by atoms with Gasteiger partial charge in [-0.05, 0) is 68.1 Å². The van der Waals surface area contributed by atoms with Crippen molar-refractivity contribution < 1.29 is 9.50 Å². The minimum Gasteiger partial charge on any atom is -0.385 e. The van der Waals surface area contributed by atoms with Gasteiger partial charge in [0.1, 0.15) is 5.82 Å². The van der Waals surface area contributed by atoms with E-state index < -0.39 is 5.60 Å². The van der Waals surface area contributed by atoms with Crippen LogP contribution >= 0.6 is 0 Å². The Bertz CT molecular complexity index is 628. The van der Waals surface area contributed by atoms with E-state index >= 15 is 0 Å². The van der Waals surface area contributed by atoms with Gasteiger partial charge in [-0.25, -0.2) is 4.39 Å². The maximum Gasteiger partial charge on any atom is 0.123 e. The van der Waals surface area contributed by atoms with Gasteiger partial charge >= 0.3 is 0 Å². The van der Waals surface area contributed by atoms with E-state index in [1.165, 1.54) is 12.1 Å². The summed E-state index contributed by atoms with van der Waals surface area (Å²) in [6.07, 6.45) is 2.98. The maximum absolute atomic E-state index is 13.0. The van der Waals surface area contributed by atoms with Gasteiger partial charge in [-0.3, -0.25) is 0 Å². The van der Waals surface area contributed by atoms with Gasteiger partial charge in [0.2, 0.25) is 0 Å². The molecule has 2 rings (SSSR count). The number of halogens is 1. The summed E-state index contributed by atoms with van der Waals surface area (Å²) in [6, 6.07) is 14.4. The first-order chi connectivity index (χ1) is 12.0. The van der Waals surface area contributed by atoms with E-state index in [1.807, 2.05) is 31.2 Å². The molecule has 0 fully saturated rings. The van der Waals surface area contributed by atoms with Crippen LogP contribution in [-0.2, 0) is 5.60 Å². The van der Waals surface area contributed by atoms with Crippen LogP contribution in [0.2, 0.25) is 0 Å². The second-order valence-electron chi connectivity index (χ2n) is 6.95. The van der Waals surface area contributed by atoms with Crippen LogP contribution < -0.4 is 0 Å². The number of rotatable bonds is 9. The molecule has 2 aromatic rings. The highest BCUT2D eigenvalue weighted by molar-refractivity contribution is 5.63. The second kappa shape index (κ2) is 9.12. The summed E-state index contributed by atoms with van der Waals surface area (Å²) in [7, 11) is 0.